The number of nitrogens with two attached hydrogens (primary N) is 1. The molecule has 0 bridgehead atoms. The Kier molecular flexibility index (Phi) is 5.11. The molecule has 0 spiro atoms. The molecular weight excluding hydrogens is 354 g/mol. The summed E-state index contributed by atoms with van der Waals surface area (Å²) in [6, 6.07) is 15.1. The maximum absolute atomic E-state index is 12.6. The van der Waals surface area contributed by atoms with E-state index in [-0.39, 0.29) is 5.91 Å². The Morgan fingerprint density at radius 2 is 1.93 bits per heavy atom. The molecule has 28 heavy (non-hydrogen) atoms. The lowest BCUT2D eigenvalue weighted by Gasteiger charge is -2.29. The molecule has 8 nitrogen and oxygen atoms in total. The number of rotatable bonds is 4. The van der Waals surface area contributed by atoms with Crippen LogP contribution >= 0.6 is 0 Å². The van der Waals surface area contributed by atoms with Crippen molar-refractivity contribution in [1.82, 2.24) is 10.3 Å². The van der Waals surface area contributed by atoms with Crippen LogP contribution in [0.3, 0.4) is 0 Å². The van der Waals surface area contributed by atoms with Crippen molar-refractivity contribution in [2.75, 3.05) is 36.4 Å². The van der Waals surface area contributed by atoms with Crippen LogP contribution in [0.1, 0.15) is 10.5 Å². The molecule has 1 saturated heterocycles. The number of hydrogen-bond acceptors (Lipinski definition) is 6. The van der Waals surface area contributed by atoms with Crippen molar-refractivity contribution in [3.8, 4) is 0 Å². The Morgan fingerprint density at radius 3 is 2.75 bits per heavy atom. The molecule has 0 unspecified atom stereocenters. The summed E-state index contributed by atoms with van der Waals surface area (Å²) in [7, 11) is 0. The van der Waals surface area contributed by atoms with Gasteiger partial charge in [0.1, 0.15) is 11.4 Å². The Labute approximate surface area is 162 Å². The van der Waals surface area contributed by atoms with E-state index in [2.05, 4.69) is 43.0 Å². The smallest absolute Gasteiger partial charge is 0.274 e. The zero-order valence-corrected chi connectivity index (χ0v) is 15.3. The molecule has 3 aromatic rings. The van der Waals surface area contributed by atoms with Crippen molar-refractivity contribution >= 4 is 33.7 Å². The second-order valence-electron chi connectivity index (χ2n) is 6.52. The first-order valence-electron chi connectivity index (χ1n) is 9.11. The van der Waals surface area contributed by atoms with E-state index in [1.165, 1.54) is 5.69 Å². The largest absolute Gasteiger partial charge is 0.369 e. The summed E-state index contributed by atoms with van der Waals surface area (Å²) >= 11 is 0. The monoisotopic (exact) mass is 375 g/mol. The van der Waals surface area contributed by atoms with Crippen LogP contribution in [-0.4, -0.2) is 37.1 Å². The van der Waals surface area contributed by atoms with Crippen molar-refractivity contribution in [2.45, 2.75) is 0 Å². The number of pyridine rings is 1. The molecule has 142 valence electrons. The van der Waals surface area contributed by atoms with Crippen molar-refractivity contribution in [3.05, 3.63) is 60.4 Å². The van der Waals surface area contributed by atoms with E-state index in [0.29, 0.717) is 17.1 Å². The van der Waals surface area contributed by atoms with Gasteiger partial charge < -0.3 is 21.4 Å². The Balaban J connectivity index is 1.56. The van der Waals surface area contributed by atoms with Gasteiger partial charge in [0.25, 0.3) is 5.91 Å². The van der Waals surface area contributed by atoms with E-state index in [1.807, 2.05) is 6.07 Å². The molecule has 1 amide bonds. The van der Waals surface area contributed by atoms with Gasteiger partial charge in [-0.3, -0.25) is 9.78 Å². The second kappa shape index (κ2) is 8.01. The molecule has 1 aliphatic heterocycles. The number of carbonyl (C=O) groups is 1. The third kappa shape index (κ3) is 3.77. The summed E-state index contributed by atoms with van der Waals surface area (Å²) < 4.78 is 0. The SMILES string of the molecule is NN=Nc1ccccc1NC(=O)c1cc2ccc(N3CCNCC3)cc2cn1. The number of carbonyl (C=O) groups excluding carboxylic acids is 1. The summed E-state index contributed by atoms with van der Waals surface area (Å²) in [6.45, 7) is 3.94. The van der Waals surface area contributed by atoms with E-state index in [9.17, 15) is 4.79 Å². The summed E-state index contributed by atoms with van der Waals surface area (Å²) in [5.74, 6) is 4.81. The fraction of sp³-hybridized carbons (Fsp3) is 0.200. The molecule has 0 radical (unpaired) electrons. The molecular formula is C20H21N7O. The van der Waals surface area contributed by atoms with Gasteiger partial charge in [-0.1, -0.05) is 23.4 Å². The molecule has 0 atom stereocenters. The number of anilines is 2. The van der Waals surface area contributed by atoms with Crippen LogP contribution in [0.5, 0.6) is 0 Å². The Hall–Kier alpha value is -3.52. The number of piperazine rings is 1. The van der Waals surface area contributed by atoms with Crippen LogP contribution in [0.4, 0.5) is 17.1 Å². The Morgan fingerprint density at radius 1 is 1.11 bits per heavy atom. The van der Waals surface area contributed by atoms with Crippen molar-refractivity contribution in [2.24, 2.45) is 16.2 Å². The van der Waals surface area contributed by atoms with Gasteiger partial charge in [0, 0.05) is 43.4 Å². The number of para-hydroxylation sites is 1. The third-order valence-electron chi connectivity index (χ3n) is 4.74. The van der Waals surface area contributed by atoms with Gasteiger partial charge in [0.15, 0.2) is 0 Å². The number of aromatic nitrogens is 1. The standard InChI is InChI=1S/C20H21N7O/c21-26-25-18-4-2-1-3-17(18)24-20(28)19-12-14-5-6-16(11-15(14)13-23-19)27-9-7-22-8-10-27/h1-6,11-13,22H,7-10H2,(H2,21,25)(H,24,28). The minimum Gasteiger partial charge on any atom is -0.369 e. The zero-order chi connectivity index (χ0) is 19.3. The first-order chi connectivity index (χ1) is 13.7. The van der Waals surface area contributed by atoms with Crippen LogP contribution in [0.15, 0.2) is 65.1 Å². The number of benzene rings is 2. The van der Waals surface area contributed by atoms with Crippen LogP contribution in [0.25, 0.3) is 10.8 Å². The van der Waals surface area contributed by atoms with Gasteiger partial charge >= 0.3 is 0 Å². The van der Waals surface area contributed by atoms with Crippen molar-refractivity contribution in [1.29, 1.82) is 0 Å². The highest BCUT2D eigenvalue weighted by atomic mass is 16.1. The van der Waals surface area contributed by atoms with Gasteiger partial charge in [-0.25, -0.2) is 0 Å². The molecule has 8 heteroatoms. The molecule has 1 aromatic heterocycles. The van der Waals surface area contributed by atoms with Crippen LogP contribution in [0.2, 0.25) is 0 Å². The van der Waals surface area contributed by atoms with Crippen LogP contribution < -0.4 is 21.4 Å². The lowest BCUT2D eigenvalue weighted by molar-refractivity contribution is 0.102. The van der Waals surface area contributed by atoms with E-state index in [4.69, 9.17) is 5.84 Å². The highest BCUT2D eigenvalue weighted by Gasteiger charge is 2.13. The molecule has 0 aliphatic carbocycles. The number of nitrogens with zero attached hydrogens (tertiary/aromatic N) is 4. The molecule has 4 N–H and O–H groups in total. The van der Waals surface area contributed by atoms with E-state index < -0.39 is 0 Å². The minimum absolute atomic E-state index is 0.312. The maximum atomic E-state index is 12.6. The van der Waals surface area contributed by atoms with Crippen molar-refractivity contribution < 1.29 is 4.79 Å². The normalized spacial score (nSPS) is 14.5. The van der Waals surface area contributed by atoms with Crippen LogP contribution in [0, 0.1) is 0 Å². The second-order valence-corrected chi connectivity index (χ2v) is 6.52. The van der Waals surface area contributed by atoms with Crippen LogP contribution in [-0.2, 0) is 0 Å². The molecule has 1 aliphatic rings. The fourth-order valence-corrected chi connectivity index (χ4v) is 3.29. The highest BCUT2D eigenvalue weighted by Crippen LogP contribution is 2.26. The number of hydrogen-bond donors (Lipinski definition) is 3. The first kappa shape index (κ1) is 17.9. The third-order valence-corrected chi connectivity index (χ3v) is 4.74. The van der Waals surface area contributed by atoms with Crippen molar-refractivity contribution in [3.63, 3.8) is 0 Å². The number of nitrogens with one attached hydrogen (secondary N) is 2. The molecule has 0 saturated carbocycles. The molecule has 2 aromatic carbocycles. The summed E-state index contributed by atoms with van der Waals surface area (Å²) in [5, 5.41) is 15.2. The predicted octanol–water partition coefficient (Wildman–Crippen LogP) is 2.85. The molecule has 2 heterocycles. The lowest BCUT2D eigenvalue weighted by atomic mass is 10.1. The average molecular weight is 375 g/mol. The van der Waals surface area contributed by atoms with E-state index in [1.54, 1.807) is 36.5 Å². The summed E-state index contributed by atoms with van der Waals surface area (Å²) in [4.78, 5) is 19.3. The predicted molar refractivity (Wildman–Crippen MR) is 110 cm³/mol. The minimum atomic E-state index is -0.312. The van der Waals surface area contributed by atoms with Gasteiger partial charge in [-0.05, 0) is 35.7 Å². The quantitative estimate of drug-likeness (QED) is 0.369. The fourth-order valence-electron chi connectivity index (χ4n) is 3.29. The zero-order valence-electron chi connectivity index (χ0n) is 15.3. The maximum Gasteiger partial charge on any atom is 0.274 e. The van der Waals surface area contributed by atoms with Gasteiger partial charge in [-0.2, -0.15) is 0 Å². The van der Waals surface area contributed by atoms with Gasteiger partial charge in [0.05, 0.1) is 5.69 Å². The van der Waals surface area contributed by atoms with Gasteiger partial charge in [0.2, 0.25) is 0 Å². The average Bonchev–Trinajstić information content (AvgIpc) is 2.75. The number of amides is 1. The molecule has 1 fully saturated rings. The van der Waals surface area contributed by atoms with Gasteiger partial charge in [-0.15, -0.1) is 5.11 Å². The summed E-state index contributed by atoms with van der Waals surface area (Å²) in [6.07, 6.45) is 1.74. The summed E-state index contributed by atoms with van der Waals surface area (Å²) in [5.41, 5.74) is 2.52. The molecule has 4 rings (SSSR count). The van der Waals surface area contributed by atoms with E-state index >= 15 is 0 Å². The number of fused-ring (bicyclic) bond motifs is 1. The highest BCUT2D eigenvalue weighted by molar-refractivity contribution is 6.06. The topological polar surface area (TPSA) is 108 Å². The lowest BCUT2D eigenvalue weighted by Crippen LogP contribution is -2.43. The first-order valence-corrected chi connectivity index (χ1v) is 9.11. The van der Waals surface area contributed by atoms with E-state index in [0.717, 1.165) is 37.0 Å². The Bertz CT molecular complexity index is 1030.